The van der Waals surface area contributed by atoms with Crippen LogP contribution in [0.2, 0.25) is 0 Å². The summed E-state index contributed by atoms with van der Waals surface area (Å²) in [7, 11) is 0. The van der Waals surface area contributed by atoms with Crippen molar-refractivity contribution in [2.24, 2.45) is 5.92 Å². The second kappa shape index (κ2) is 3.64. The molecule has 8 heavy (non-hydrogen) atoms. The highest BCUT2D eigenvalue weighted by atomic mass is 16.3. The lowest BCUT2D eigenvalue weighted by Crippen LogP contribution is -2.10. The molecular weight excluding hydrogens is 104 g/mol. The maximum Gasteiger partial charge on any atom is 0.0518 e. The molecule has 0 aromatic rings. The van der Waals surface area contributed by atoms with E-state index in [0.717, 1.165) is 5.57 Å². The van der Waals surface area contributed by atoms with E-state index in [1.807, 2.05) is 0 Å². The van der Waals surface area contributed by atoms with Crippen LogP contribution >= 0.6 is 0 Å². The summed E-state index contributed by atoms with van der Waals surface area (Å²) in [6.07, 6.45) is 0. The predicted molar refractivity (Wildman–Crippen MR) is 32.5 cm³/mol. The number of aliphatic hydroxyl groups excluding tert-OH is 2. The average molecular weight is 116 g/mol. The highest BCUT2D eigenvalue weighted by Crippen LogP contribution is 2.04. The van der Waals surface area contributed by atoms with Crippen LogP contribution < -0.4 is 0 Å². The third-order valence-corrected chi connectivity index (χ3v) is 1.14. The van der Waals surface area contributed by atoms with E-state index in [1.54, 1.807) is 6.92 Å². The van der Waals surface area contributed by atoms with Crippen molar-refractivity contribution in [1.29, 1.82) is 0 Å². The lowest BCUT2D eigenvalue weighted by atomic mass is 10.1. The van der Waals surface area contributed by atoms with Gasteiger partial charge in [-0.2, -0.15) is 0 Å². The lowest BCUT2D eigenvalue weighted by molar-refractivity contribution is 0.171. The molecule has 2 nitrogen and oxygen atoms in total. The molecule has 2 heteroatoms. The van der Waals surface area contributed by atoms with E-state index in [9.17, 15) is 0 Å². The van der Waals surface area contributed by atoms with Gasteiger partial charge in [0.25, 0.3) is 0 Å². The summed E-state index contributed by atoms with van der Waals surface area (Å²) in [6, 6.07) is 0. The van der Waals surface area contributed by atoms with E-state index < -0.39 is 0 Å². The molecule has 0 aromatic heterocycles. The summed E-state index contributed by atoms with van der Waals surface area (Å²) in [5, 5.41) is 17.0. The van der Waals surface area contributed by atoms with Crippen molar-refractivity contribution >= 4 is 0 Å². The Morgan fingerprint density at radius 1 is 1.50 bits per heavy atom. The summed E-state index contributed by atoms with van der Waals surface area (Å²) in [4.78, 5) is 0. The van der Waals surface area contributed by atoms with Crippen molar-refractivity contribution in [3.8, 4) is 0 Å². The van der Waals surface area contributed by atoms with E-state index in [-0.39, 0.29) is 19.1 Å². The molecule has 0 amide bonds. The summed E-state index contributed by atoms with van der Waals surface area (Å²) in [5.74, 6) is -0.130. The molecule has 0 spiro atoms. The fraction of sp³-hybridized carbons (Fsp3) is 0.667. The highest BCUT2D eigenvalue weighted by Gasteiger charge is 2.03. The van der Waals surface area contributed by atoms with Crippen LogP contribution in [0, 0.1) is 5.92 Å². The minimum Gasteiger partial charge on any atom is -0.396 e. The third-order valence-electron chi connectivity index (χ3n) is 1.14. The van der Waals surface area contributed by atoms with Crippen LogP contribution in [0.4, 0.5) is 0 Å². The Kier molecular flexibility index (Phi) is 3.48. The van der Waals surface area contributed by atoms with Gasteiger partial charge in [0.2, 0.25) is 0 Å². The van der Waals surface area contributed by atoms with Gasteiger partial charge in [0.1, 0.15) is 0 Å². The Morgan fingerprint density at radius 3 is 1.88 bits per heavy atom. The van der Waals surface area contributed by atoms with Crippen LogP contribution in [-0.4, -0.2) is 23.4 Å². The van der Waals surface area contributed by atoms with Gasteiger partial charge in [-0.15, -0.1) is 0 Å². The van der Waals surface area contributed by atoms with Crippen LogP contribution in [0.5, 0.6) is 0 Å². The van der Waals surface area contributed by atoms with Crippen LogP contribution in [0.3, 0.4) is 0 Å². The Hall–Kier alpha value is -0.340. The van der Waals surface area contributed by atoms with Gasteiger partial charge in [-0.3, -0.25) is 0 Å². The van der Waals surface area contributed by atoms with Gasteiger partial charge in [0, 0.05) is 5.92 Å². The molecule has 48 valence electrons. The van der Waals surface area contributed by atoms with Crippen LogP contribution in [0.1, 0.15) is 6.92 Å². The van der Waals surface area contributed by atoms with Crippen molar-refractivity contribution in [1.82, 2.24) is 0 Å². The first-order valence-electron chi connectivity index (χ1n) is 2.59. The number of rotatable bonds is 3. The topological polar surface area (TPSA) is 40.5 Å². The molecular formula is C6H12O2. The molecule has 0 aliphatic carbocycles. The fourth-order valence-corrected chi connectivity index (χ4v) is 0.369. The predicted octanol–water partition coefficient (Wildman–Crippen LogP) is 0.163. The van der Waals surface area contributed by atoms with E-state index in [1.165, 1.54) is 0 Å². The van der Waals surface area contributed by atoms with E-state index in [0.29, 0.717) is 0 Å². The van der Waals surface area contributed by atoms with Crippen LogP contribution in [-0.2, 0) is 0 Å². The summed E-state index contributed by atoms with van der Waals surface area (Å²) >= 11 is 0. The average Bonchev–Trinajstić information content (AvgIpc) is 1.69. The molecule has 0 aliphatic rings. The molecule has 2 N–H and O–H groups in total. The minimum atomic E-state index is -0.130. The maximum atomic E-state index is 8.48. The molecule has 0 saturated carbocycles. The first kappa shape index (κ1) is 7.66. The molecule has 0 aromatic carbocycles. The first-order chi connectivity index (χ1) is 3.72. The van der Waals surface area contributed by atoms with Crippen molar-refractivity contribution in [2.45, 2.75) is 6.92 Å². The zero-order valence-corrected chi connectivity index (χ0v) is 5.09. The largest absolute Gasteiger partial charge is 0.396 e. The molecule has 0 radical (unpaired) electrons. The standard InChI is InChI=1S/C6H12O2/c1-5(2)6(3-7)4-8/h6-8H,1,3-4H2,2H3. The van der Waals surface area contributed by atoms with Crippen LogP contribution in [0.15, 0.2) is 12.2 Å². The Balaban J connectivity index is 3.52. The Morgan fingerprint density at radius 2 is 1.88 bits per heavy atom. The summed E-state index contributed by atoms with van der Waals surface area (Å²) in [6.45, 7) is 5.35. The van der Waals surface area contributed by atoms with E-state index in [4.69, 9.17) is 10.2 Å². The molecule has 0 rings (SSSR count). The normalized spacial score (nSPS) is 10.0. The van der Waals surface area contributed by atoms with Crippen molar-refractivity contribution in [3.05, 3.63) is 12.2 Å². The van der Waals surface area contributed by atoms with Gasteiger partial charge in [-0.1, -0.05) is 12.2 Å². The molecule has 0 atom stereocenters. The SMILES string of the molecule is C=C(C)C(CO)CO. The number of hydrogen-bond donors (Lipinski definition) is 2. The lowest BCUT2D eigenvalue weighted by Gasteiger charge is -2.07. The van der Waals surface area contributed by atoms with Crippen molar-refractivity contribution in [2.75, 3.05) is 13.2 Å². The molecule has 0 aliphatic heterocycles. The minimum absolute atomic E-state index is 0.00810. The second-order valence-electron chi connectivity index (χ2n) is 1.91. The number of hydrogen-bond acceptors (Lipinski definition) is 2. The van der Waals surface area contributed by atoms with Crippen molar-refractivity contribution < 1.29 is 10.2 Å². The quantitative estimate of drug-likeness (QED) is 0.516. The van der Waals surface area contributed by atoms with Crippen LogP contribution in [0.25, 0.3) is 0 Å². The Labute approximate surface area is 49.5 Å². The molecule has 0 bridgehead atoms. The fourth-order valence-electron chi connectivity index (χ4n) is 0.369. The Bertz CT molecular complexity index is 74.6. The van der Waals surface area contributed by atoms with E-state index in [2.05, 4.69) is 6.58 Å². The van der Waals surface area contributed by atoms with Gasteiger partial charge >= 0.3 is 0 Å². The molecule has 0 fully saturated rings. The van der Waals surface area contributed by atoms with Gasteiger partial charge in [0.05, 0.1) is 13.2 Å². The van der Waals surface area contributed by atoms with Gasteiger partial charge < -0.3 is 10.2 Å². The van der Waals surface area contributed by atoms with Gasteiger partial charge in [0.15, 0.2) is 0 Å². The van der Waals surface area contributed by atoms with Gasteiger partial charge in [-0.05, 0) is 6.92 Å². The van der Waals surface area contributed by atoms with Crippen molar-refractivity contribution in [3.63, 3.8) is 0 Å². The monoisotopic (exact) mass is 116 g/mol. The summed E-state index contributed by atoms with van der Waals surface area (Å²) < 4.78 is 0. The van der Waals surface area contributed by atoms with Gasteiger partial charge in [-0.25, -0.2) is 0 Å². The maximum absolute atomic E-state index is 8.48. The smallest absolute Gasteiger partial charge is 0.0518 e. The summed E-state index contributed by atoms with van der Waals surface area (Å²) in [5.41, 5.74) is 0.829. The molecule has 0 saturated heterocycles. The third kappa shape index (κ3) is 2.09. The molecule has 0 heterocycles. The zero-order valence-electron chi connectivity index (χ0n) is 5.09. The number of aliphatic hydroxyl groups is 2. The van der Waals surface area contributed by atoms with E-state index >= 15 is 0 Å². The highest BCUT2D eigenvalue weighted by molar-refractivity contribution is 4.95. The zero-order chi connectivity index (χ0) is 6.57. The second-order valence-corrected chi connectivity index (χ2v) is 1.91. The molecule has 0 unspecified atom stereocenters. The first-order valence-corrected chi connectivity index (χ1v) is 2.59.